The van der Waals surface area contributed by atoms with Crippen LogP contribution >= 0.6 is 24.0 Å². The second-order valence-electron chi connectivity index (χ2n) is 8.05. The van der Waals surface area contributed by atoms with Crippen molar-refractivity contribution in [1.29, 1.82) is 0 Å². The summed E-state index contributed by atoms with van der Waals surface area (Å²) in [5, 5.41) is 18.4. The van der Waals surface area contributed by atoms with Crippen molar-refractivity contribution >= 4 is 52.2 Å². The molecule has 1 saturated heterocycles. The molecule has 0 aliphatic carbocycles. The standard InChI is InChI=1S/C24H31NO7S2/c1-4-5-6-7-8-9-15(2)32-18-11-10-16(12-19(18)31-3)13-20-22(28)25(24(33)34-20)17(23(29)30)14-21(26)27/h10-13,15,17H,4-9,14H2,1-3H3,(H,26,27)(H,29,30)/b20-13+/t15-,17-/m0/s1. The third-order valence-electron chi connectivity index (χ3n) is 5.32. The third kappa shape index (κ3) is 7.73. The van der Waals surface area contributed by atoms with Crippen LogP contribution in [-0.2, 0) is 14.4 Å². The van der Waals surface area contributed by atoms with Crippen molar-refractivity contribution in [3.05, 3.63) is 28.7 Å². The number of carboxylic acids is 2. The number of benzene rings is 1. The van der Waals surface area contributed by atoms with Gasteiger partial charge in [-0.1, -0.05) is 62.7 Å². The van der Waals surface area contributed by atoms with E-state index >= 15 is 0 Å². The van der Waals surface area contributed by atoms with Gasteiger partial charge >= 0.3 is 11.9 Å². The van der Waals surface area contributed by atoms with E-state index in [1.54, 1.807) is 24.3 Å². The first-order valence-corrected chi connectivity index (χ1v) is 12.5. The highest BCUT2D eigenvalue weighted by molar-refractivity contribution is 8.26. The number of methoxy groups -OCH3 is 1. The molecule has 10 heteroatoms. The molecule has 1 heterocycles. The van der Waals surface area contributed by atoms with Crippen LogP contribution in [0.4, 0.5) is 0 Å². The minimum Gasteiger partial charge on any atom is -0.493 e. The Hall–Kier alpha value is -2.59. The van der Waals surface area contributed by atoms with Gasteiger partial charge in [-0.2, -0.15) is 0 Å². The normalized spacial score (nSPS) is 16.6. The second kappa shape index (κ2) is 13.3. The molecule has 1 aliphatic rings. The van der Waals surface area contributed by atoms with Crippen molar-refractivity contribution in [1.82, 2.24) is 4.90 Å². The van der Waals surface area contributed by atoms with E-state index in [1.165, 1.54) is 32.8 Å². The van der Waals surface area contributed by atoms with Crippen LogP contribution in [0.2, 0.25) is 0 Å². The number of carbonyl (C=O) groups is 3. The number of rotatable bonds is 14. The first-order chi connectivity index (χ1) is 16.2. The van der Waals surface area contributed by atoms with Crippen molar-refractivity contribution in [2.75, 3.05) is 7.11 Å². The Morgan fingerprint density at radius 2 is 1.88 bits per heavy atom. The molecule has 1 aliphatic heterocycles. The fourth-order valence-electron chi connectivity index (χ4n) is 3.54. The highest BCUT2D eigenvalue weighted by Crippen LogP contribution is 2.36. The molecule has 0 aromatic heterocycles. The minimum atomic E-state index is -1.57. The summed E-state index contributed by atoms with van der Waals surface area (Å²) in [5.74, 6) is -2.29. The first kappa shape index (κ1) is 27.7. The van der Waals surface area contributed by atoms with Crippen LogP contribution in [0.1, 0.15) is 64.4 Å². The maximum atomic E-state index is 12.8. The molecule has 2 rings (SSSR count). The summed E-state index contributed by atoms with van der Waals surface area (Å²) in [6.07, 6.45) is 7.78. The van der Waals surface area contributed by atoms with E-state index in [0.29, 0.717) is 17.1 Å². The molecular formula is C24H31NO7S2. The molecule has 0 saturated carbocycles. The number of aliphatic carboxylic acids is 2. The van der Waals surface area contributed by atoms with Gasteiger partial charge in [0.05, 0.1) is 24.5 Å². The molecule has 1 amide bonds. The number of thiocarbonyl (C=S) groups is 1. The Labute approximate surface area is 209 Å². The van der Waals surface area contributed by atoms with Gasteiger partial charge < -0.3 is 19.7 Å². The van der Waals surface area contributed by atoms with Crippen LogP contribution in [0.5, 0.6) is 11.5 Å². The molecule has 1 aromatic carbocycles. The summed E-state index contributed by atoms with van der Waals surface area (Å²) < 4.78 is 11.5. The van der Waals surface area contributed by atoms with Gasteiger partial charge in [0.2, 0.25) is 0 Å². The van der Waals surface area contributed by atoms with E-state index in [9.17, 15) is 19.5 Å². The number of ether oxygens (including phenoxy) is 2. The van der Waals surface area contributed by atoms with E-state index < -0.39 is 30.3 Å². The Bertz CT molecular complexity index is 947. The second-order valence-corrected chi connectivity index (χ2v) is 9.72. The van der Waals surface area contributed by atoms with E-state index in [-0.39, 0.29) is 15.3 Å². The van der Waals surface area contributed by atoms with Crippen LogP contribution in [0.15, 0.2) is 23.1 Å². The summed E-state index contributed by atoms with van der Waals surface area (Å²) in [6.45, 7) is 4.21. The zero-order chi connectivity index (χ0) is 25.3. The van der Waals surface area contributed by atoms with E-state index in [0.717, 1.165) is 29.5 Å². The molecule has 1 fully saturated rings. The Kier molecular flexibility index (Phi) is 10.8. The van der Waals surface area contributed by atoms with Gasteiger partial charge in [0, 0.05) is 0 Å². The zero-order valence-electron chi connectivity index (χ0n) is 19.6. The number of nitrogens with zero attached hydrogens (tertiary/aromatic N) is 1. The number of hydrogen-bond acceptors (Lipinski definition) is 7. The predicted molar refractivity (Wildman–Crippen MR) is 135 cm³/mol. The molecule has 0 radical (unpaired) electrons. The minimum absolute atomic E-state index is 0.00424. The van der Waals surface area contributed by atoms with Crippen molar-refractivity contribution in [2.24, 2.45) is 0 Å². The number of hydrogen-bond donors (Lipinski definition) is 2. The number of carbonyl (C=O) groups excluding carboxylic acids is 1. The number of unbranched alkanes of at least 4 members (excludes halogenated alkanes) is 4. The number of carboxylic acid groups (broad SMARTS) is 2. The predicted octanol–water partition coefficient (Wildman–Crippen LogP) is 4.95. The molecule has 1 aromatic rings. The molecule has 0 unspecified atom stereocenters. The summed E-state index contributed by atoms with van der Waals surface area (Å²) in [7, 11) is 1.53. The molecule has 0 bridgehead atoms. The smallest absolute Gasteiger partial charge is 0.327 e. The van der Waals surface area contributed by atoms with Gasteiger partial charge in [-0.05, 0) is 43.5 Å². The number of amides is 1. The summed E-state index contributed by atoms with van der Waals surface area (Å²) >= 11 is 6.09. The first-order valence-electron chi connectivity index (χ1n) is 11.2. The summed E-state index contributed by atoms with van der Waals surface area (Å²) in [4.78, 5) is 36.4. The third-order valence-corrected chi connectivity index (χ3v) is 6.65. The van der Waals surface area contributed by atoms with Gasteiger partial charge in [-0.15, -0.1) is 0 Å². The van der Waals surface area contributed by atoms with Crippen LogP contribution in [-0.4, -0.2) is 56.5 Å². The monoisotopic (exact) mass is 509 g/mol. The summed E-state index contributed by atoms with van der Waals surface area (Å²) in [5.41, 5.74) is 0.641. The van der Waals surface area contributed by atoms with Gasteiger partial charge in [0.15, 0.2) is 11.5 Å². The van der Waals surface area contributed by atoms with Crippen LogP contribution in [0, 0.1) is 0 Å². The van der Waals surface area contributed by atoms with Crippen LogP contribution in [0.25, 0.3) is 6.08 Å². The lowest BCUT2D eigenvalue weighted by molar-refractivity contribution is -0.150. The van der Waals surface area contributed by atoms with E-state index in [1.807, 2.05) is 6.92 Å². The van der Waals surface area contributed by atoms with Gasteiger partial charge in [-0.3, -0.25) is 14.5 Å². The average Bonchev–Trinajstić information content (AvgIpc) is 3.05. The molecular weight excluding hydrogens is 478 g/mol. The molecule has 186 valence electrons. The van der Waals surface area contributed by atoms with Gasteiger partial charge in [0.25, 0.3) is 5.91 Å². The molecule has 8 nitrogen and oxygen atoms in total. The highest BCUT2D eigenvalue weighted by atomic mass is 32.2. The van der Waals surface area contributed by atoms with Gasteiger partial charge in [0.1, 0.15) is 10.4 Å². The quantitative estimate of drug-likeness (QED) is 0.204. The lowest BCUT2D eigenvalue weighted by Crippen LogP contribution is -2.45. The van der Waals surface area contributed by atoms with Crippen LogP contribution in [0.3, 0.4) is 0 Å². The SMILES string of the molecule is CCCCCCC[C@H](C)Oc1ccc(/C=C2/SC(=S)N([C@@H](CC(=O)O)C(=O)O)C2=O)cc1OC. The lowest BCUT2D eigenvalue weighted by atomic mass is 10.1. The largest absolute Gasteiger partial charge is 0.493 e. The molecule has 34 heavy (non-hydrogen) atoms. The molecule has 2 N–H and O–H groups in total. The fraction of sp³-hybridized carbons (Fsp3) is 0.500. The van der Waals surface area contributed by atoms with Crippen LogP contribution < -0.4 is 9.47 Å². The Balaban J connectivity index is 2.12. The average molecular weight is 510 g/mol. The van der Waals surface area contributed by atoms with Gasteiger partial charge in [-0.25, -0.2) is 4.79 Å². The maximum absolute atomic E-state index is 12.8. The molecule has 2 atom stereocenters. The van der Waals surface area contributed by atoms with Crippen molar-refractivity contribution in [2.45, 2.75) is 70.9 Å². The lowest BCUT2D eigenvalue weighted by Gasteiger charge is -2.21. The topological polar surface area (TPSA) is 113 Å². The van der Waals surface area contributed by atoms with E-state index in [2.05, 4.69) is 6.92 Å². The Morgan fingerprint density at radius 3 is 2.50 bits per heavy atom. The highest BCUT2D eigenvalue weighted by Gasteiger charge is 2.41. The van der Waals surface area contributed by atoms with Crippen molar-refractivity contribution in [3.8, 4) is 11.5 Å². The zero-order valence-corrected chi connectivity index (χ0v) is 21.2. The maximum Gasteiger partial charge on any atom is 0.327 e. The summed E-state index contributed by atoms with van der Waals surface area (Å²) in [6, 6.07) is 3.69. The molecule has 0 spiro atoms. The van der Waals surface area contributed by atoms with Crippen molar-refractivity contribution < 1.29 is 34.1 Å². The number of thioether (sulfide) groups is 1. The fourth-order valence-corrected chi connectivity index (χ4v) is 4.89. The Morgan fingerprint density at radius 1 is 1.18 bits per heavy atom. The van der Waals surface area contributed by atoms with E-state index in [4.69, 9.17) is 26.8 Å². The van der Waals surface area contributed by atoms with Crippen molar-refractivity contribution in [3.63, 3.8) is 0 Å².